The monoisotopic (exact) mass is 224 g/mol. The molecular formula is C13H20O3. The Labute approximate surface area is 96.9 Å². The van der Waals surface area contributed by atoms with Gasteiger partial charge in [-0.05, 0) is 32.6 Å². The van der Waals surface area contributed by atoms with Crippen molar-refractivity contribution in [1.29, 1.82) is 0 Å². The summed E-state index contributed by atoms with van der Waals surface area (Å²) in [7, 11) is 0. The van der Waals surface area contributed by atoms with Crippen LogP contribution < -0.4 is 0 Å². The number of carbonyl (C=O) groups is 2. The molecule has 0 bridgehead atoms. The summed E-state index contributed by atoms with van der Waals surface area (Å²) in [5.74, 6) is -0.521. The molecule has 0 saturated heterocycles. The fraction of sp³-hybridized carbons (Fsp3) is 0.692. The van der Waals surface area contributed by atoms with Crippen molar-refractivity contribution < 1.29 is 14.3 Å². The Bertz CT molecular complexity index is 306. The second-order valence-electron chi connectivity index (χ2n) is 4.41. The van der Waals surface area contributed by atoms with Gasteiger partial charge in [0.2, 0.25) is 0 Å². The Morgan fingerprint density at radius 1 is 1.50 bits per heavy atom. The first-order valence-corrected chi connectivity index (χ1v) is 5.92. The second-order valence-corrected chi connectivity index (χ2v) is 4.41. The van der Waals surface area contributed by atoms with Crippen LogP contribution in [0.15, 0.2) is 12.2 Å². The zero-order chi connectivity index (χ0) is 12.2. The van der Waals surface area contributed by atoms with E-state index in [1.807, 2.05) is 6.92 Å². The molecule has 3 nitrogen and oxygen atoms in total. The summed E-state index contributed by atoms with van der Waals surface area (Å²) < 4.78 is 5.18. The summed E-state index contributed by atoms with van der Waals surface area (Å²) in [6.45, 7) is 7.74. The minimum absolute atomic E-state index is 0.128. The van der Waals surface area contributed by atoms with Crippen LogP contribution in [0.5, 0.6) is 0 Å². The van der Waals surface area contributed by atoms with Crippen LogP contribution in [-0.4, -0.2) is 18.4 Å². The van der Waals surface area contributed by atoms with Crippen LogP contribution in [0, 0.1) is 5.41 Å². The van der Waals surface area contributed by atoms with Gasteiger partial charge >= 0.3 is 5.97 Å². The Morgan fingerprint density at radius 2 is 2.19 bits per heavy atom. The molecule has 16 heavy (non-hydrogen) atoms. The molecule has 90 valence electrons. The first-order chi connectivity index (χ1) is 7.55. The Kier molecular flexibility index (Phi) is 4.27. The maximum absolute atomic E-state index is 12.0. The molecule has 0 heterocycles. The second kappa shape index (κ2) is 5.28. The summed E-state index contributed by atoms with van der Waals surface area (Å²) >= 11 is 0. The quantitative estimate of drug-likeness (QED) is 0.312. The summed E-state index contributed by atoms with van der Waals surface area (Å²) in [4.78, 5) is 23.7. The number of Topliss-reactive ketones (excluding diaryl/α,β-unsaturated/α-hetero) is 1. The summed E-state index contributed by atoms with van der Waals surface area (Å²) in [5.41, 5.74) is -0.310. The normalized spacial score (nSPS) is 24.5. The van der Waals surface area contributed by atoms with Crippen LogP contribution >= 0.6 is 0 Å². The van der Waals surface area contributed by atoms with Crippen LogP contribution in [0.3, 0.4) is 0 Å². The summed E-state index contributed by atoms with van der Waals surface area (Å²) in [6.07, 6.45) is 3.98. The van der Waals surface area contributed by atoms with E-state index < -0.39 is 11.4 Å². The third kappa shape index (κ3) is 2.18. The minimum Gasteiger partial charge on any atom is -0.465 e. The number of hydrogen-bond donors (Lipinski definition) is 0. The molecule has 1 atom stereocenters. The van der Waals surface area contributed by atoms with Crippen LogP contribution in [-0.2, 0) is 14.3 Å². The van der Waals surface area contributed by atoms with Gasteiger partial charge in [0.1, 0.15) is 5.41 Å². The molecule has 3 heteroatoms. The SMILES string of the molecule is C=C1CCC[C@@]1(C(C)=O)C(=O)OCCCC. The molecule has 1 aliphatic carbocycles. The Balaban J connectivity index is 2.74. The molecule has 1 saturated carbocycles. The van der Waals surface area contributed by atoms with Crippen molar-refractivity contribution in [1.82, 2.24) is 0 Å². The van der Waals surface area contributed by atoms with Gasteiger partial charge in [-0.1, -0.05) is 25.5 Å². The van der Waals surface area contributed by atoms with Crippen molar-refractivity contribution in [2.24, 2.45) is 5.41 Å². The highest BCUT2D eigenvalue weighted by Crippen LogP contribution is 2.43. The molecule has 0 unspecified atom stereocenters. The minimum atomic E-state index is -1.03. The van der Waals surface area contributed by atoms with Gasteiger partial charge in [-0.25, -0.2) is 0 Å². The molecule has 0 spiro atoms. The molecule has 0 N–H and O–H groups in total. The summed E-state index contributed by atoms with van der Waals surface area (Å²) in [6, 6.07) is 0. The molecule has 0 aromatic heterocycles. The number of ether oxygens (including phenoxy) is 1. The molecule has 0 amide bonds. The van der Waals surface area contributed by atoms with E-state index >= 15 is 0 Å². The fourth-order valence-corrected chi connectivity index (χ4v) is 2.20. The number of unbranched alkanes of at least 4 members (excludes halogenated alkanes) is 1. The molecule has 1 aliphatic rings. The van der Waals surface area contributed by atoms with Gasteiger partial charge in [-0.3, -0.25) is 9.59 Å². The lowest BCUT2D eigenvalue weighted by molar-refractivity contribution is -0.157. The molecule has 0 radical (unpaired) electrons. The molecule has 1 fully saturated rings. The van der Waals surface area contributed by atoms with Gasteiger partial charge in [0.15, 0.2) is 5.78 Å². The van der Waals surface area contributed by atoms with Crippen molar-refractivity contribution in [3.05, 3.63) is 12.2 Å². The zero-order valence-electron chi connectivity index (χ0n) is 10.2. The standard InChI is InChI=1S/C13H20O3/c1-4-5-9-16-12(15)13(11(3)14)8-6-7-10(13)2/h2,4-9H2,1,3H3/t13-/m1/s1. The van der Waals surface area contributed by atoms with Crippen LogP contribution in [0.2, 0.25) is 0 Å². The Morgan fingerprint density at radius 3 is 2.62 bits per heavy atom. The lowest BCUT2D eigenvalue weighted by atomic mass is 9.79. The third-order valence-corrected chi connectivity index (χ3v) is 3.31. The smallest absolute Gasteiger partial charge is 0.323 e. The molecule has 0 aliphatic heterocycles. The number of carbonyl (C=O) groups excluding carboxylic acids is 2. The third-order valence-electron chi connectivity index (χ3n) is 3.31. The number of ketones is 1. The van der Waals surface area contributed by atoms with Gasteiger partial charge in [-0.15, -0.1) is 0 Å². The van der Waals surface area contributed by atoms with Crippen LogP contribution in [0.4, 0.5) is 0 Å². The van der Waals surface area contributed by atoms with Crippen LogP contribution in [0.1, 0.15) is 46.0 Å². The molecule has 0 aromatic carbocycles. The molecule has 0 aromatic rings. The predicted octanol–water partition coefficient (Wildman–Crippen LogP) is 2.65. The summed E-state index contributed by atoms with van der Waals surface area (Å²) in [5, 5.41) is 0. The maximum Gasteiger partial charge on any atom is 0.323 e. The lowest BCUT2D eigenvalue weighted by Crippen LogP contribution is -2.38. The fourth-order valence-electron chi connectivity index (χ4n) is 2.20. The Hall–Kier alpha value is -1.12. The van der Waals surface area contributed by atoms with Crippen molar-refractivity contribution in [3.63, 3.8) is 0 Å². The van der Waals surface area contributed by atoms with E-state index in [1.165, 1.54) is 6.92 Å². The maximum atomic E-state index is 12.0. The van der Waals surface area contributed by atoms with E-state index in [2.05, 4.69) is 6.58 Å². The van der Waals surface area contributed by atoms with E-state index in [9.17, 15) is 9.59 Å². The number of esters is 1. The first kappa shape index (κ1) is 12.9. The first-order valence-electron chi connectivity index (χ1n) is 5.92. The van der Waals surface area contributed by atoms with Crippen molar-refractivity contribution in [3.8, 4) is 0 Å². The molecular weight excluding hydrogens is 204 g/mol. The van der Waals surface area contributed by atoms with Gasteiger partial charge in [0.05, 0.1) is 6.61 Å². The van der Waals surface area contributed by atoms with Crippen molar-refractivity contribution in [2.75, 3.05) is 6.61 Å². The largest absolute Gasteiger partial charge is 0.465 e. The average Bonchev–Trinajstić information content (AvgIpc) is 2.61. The number of rotatable bonds is 5. The van der Waals surface area contributed by atoms with Gasteiger partial charge in [-0.2, -0.15) is 0 Å². The highest BCUT2D eigenvalue weighted by atomic mass is 16.5. The highest BCUT2D eigenvalue weighted by Gasteiger charge is 2.49. The van der Waals surface area contributed by atoms with E-state index in [4.69, 9.17) is 4.74 Å². The van der Waals surface area contributed by atoms with Crippen molar-refractivity contribution in [2.45, 2.75) is 46.0 Å². The topological polar surface area (TPSA) is 43.4 Å². The predicted molar refractivity (Wildman–Crippen MR) is 62.0 cm³/mol. The van der Waals surface area contributed by atoms with Crippen molar-refractivity contribution >= 4 is 11.8 Å². The van der Waals surface area contributed by atoms with E-state index in [-0.39, 0.29) is 5.78 Å². The van der Waals surface area contributed by atoms with Gasteiger partial charge in [0.25, 0.3) is 0 Å². The van der Waals surface area contributed by atoms with E-state index in [0.717, 1.165) is 31.3 Å². The van der Waals surface area contributed by atoms with E-state index in [1.54, 1.807) is 0 Å². The lowest BCUT2D eigenvalue weighted by Gasteiger charge is -2.25. The highest BCUT2D eigenvalue weighted by molar-refractivity contribution is 6.06. The average molecular weight is 224 g/mol. The zero-order valence-corrected chi connectivity index (χ0v) is 10.2. The van der Waals surface area contributed by atoms with E-state index in [0.29, 0.717) is 13.0 Å². The van der Waals surface area contributed by atoms with Gasteiger partial charge < -0.3 is 4.74 Å². The number of hydrogen-bond acceptors (Lipinski definition) is 3. The molecule has 1 rings (SSSR count). The van der Waals surface area contributed by atoms with Crippen LogP contribution in [0.25, 0.3) is 0 Å². The van der Waals surface area contributed by atoms with Gasteiger partial charge in [0, 0.05) is 0 Å².